The van der Waals surface area contributed by atoms with Gasteiger partial charge in [-0.1, -0.05) is 12.1 Å². The maximum Gasteiger partial charge on any atom is 0.336 e. The number of ether oxygens (including phenoxy) is 2. The van der Waals surface area contributed by atoms with E-state index in [0.717, 1.165) is 10.2 Å². The van der Waals surface area contributed by atoms with Gasteiger partial charge < -0.3 is 19.5 Å². The van der Waals surface area contributed by atoms with Gasteiger partial charge >= 0.3 is 11.9 Å². The molecule has 0 bridgehead atoms. The molecule has 1 N–H and O–H groups in total. The Morgan fingerprint density at radius 1 is 1.36 bits per heavy atom. The highest BCUT2D eigenvalue weighted by atomic mass is 32.1. The van der Waals surface area contributed by atoms with Gasteiger partial charge in [0, 0.05) is 0 Å². The number of carbonyl (C=O) groups is 3. The van der Waals surface area contributed by atoms with Gasteiger partial charge in [-0.15, -0.1) is 11.3 Å². The van der Waals surface area contributed by atoms with Crippen molar-refractivity contribution >= 4 is 39.4 Å². The number of para-hydroxylation sites is 1. The molecule has 0 saturated carbocycles. The molecule has 1 aromatic carbocycles. The van der Waals surface area contributed by atoms with Crippen LogP contribution >= 0.6 is 11.3 Å². The first kappa shape index (κ1) is 20.0. The molecule has 28 heavy (non-hydrogen) atoms. The number of aromatic nitrogens is 1. The summed E-state index contributed by atoms with van der Waals surface area (Å²) >= 11 is 1.41. The monoisotopic (exact) mass is 404 g/mol. The molecule has 3 rings (SSSR count). The van der Waals surface area contributed by atoms with Crippen LogP contribution in [0.3, 0.4) is 0 Å². The second kappa shape index (κ2) is 8.49. The van der Waals surface area contributed by atoms with E-state index in [4.69, 9.17) is 9.47 Å². The molecule has 0 fully saturated rings. The molecule has 1 aromatic heterocycles. The van der Waals surface area contributed by atoms with Crippen LogP contribution in [-0.2, 0) is 30.4 Å². The van der Waals surface area contributed by atoms with E-state index in [1.54, 1.807) is 13.8 Å². The molecule has 1 aliphatic heterocycles. The molecular weight excluding hydrogens is 384 g/mol. The van der Waals surface area contributed by atoms with Crippen molar-refractivity contribution in [3.05, 3.63) is 40.5 Å². The number of hydrogen-bond donors (Lipinski definition) is 1. The molecule has 0 radical (unpaired) electrons. The SMILES string of the molecule is CCOC(=O)CC(=O)N(Cc1nc2ccccc2s1)C1=C(C(=O)O)C(C)OC1. The van der Waals surface area contributed by atoms with Crippen molar-refractivity contribution in [2.45, 2.75) is 32.9 Å². The van der Waals surface area contributed by atoms with Crippen molar-refractivity contribution in [3.63, 3.8) is 0 Å². The van der Waals surface area contributed by atoms with Crippen LogP contribution in [0.4, 0.5) is 0 Å². The fourth-order valence-corrected chi connectivity index (χ4v) is 3.96. The van der Waals surface area contributed by atoms with Crippen LogP contribution < -0.4 is 0 Å². The minimum absolute atomic E-state index is 0.0123. The van der Waals surface area contributed by atoms with E-state index in [9.17, 15) is 19.5 Å². The van der Waals surface area contributed by atoms with Crippen LogP contribution in [0.2, 0.25) is 0 Å². The number of carbonyl (C=O) groups excluding carboxylic acids is 2. The smallest absolute Gasteiger partial charge is 0.336 e. The number of hydrogen-bond acceptors (Lipinski definition) is 7. The van der Waals surface area contributed by atoms with Gasteiger partial charge in [0.2, 0.25) is 5.91 Å². The number of amides is 1. The average molecular weight is 404 g/mol. The largest absolute Gasteiger partial charge is 0.478 e. The maximum atomic E-state index is 12.8. The number of rotatable bonds is 7. The lowest BCUT2D eigenvalue weighted by Crippen LogP contribution is -2.34. The van der Waals surface area contributed by atoms with Crippen molar-refractivity contribution < 1.29 is 29.0 Å². The normalized spacial score (nSPS) is 16.4. The molecule has 0 aliphatic carbocycles. The Morgan fingerprint density at radius 3 is 2.79 bits per heavy atom. The number of nitrogens with zero attached hydrogens (tertiary/aromatic N) is 2. The van der Waals surface area contributed by atoms with Gasteiger partial charge in [-0.05, 0) is 26.0 Å². The standard InChI is InChI=1S/C19H20N2O6S/c1-3-26-17(23)8-16(22)21(13-10-27-11(2)18(13)19(24)25)9-15-20-12-6-4-5-7-14(12)28-15/h4-7,11H,3,8-10H2,1-2H3,(H,24,25). The highest BCUT2D eigenvalue weighted by Crippen LogP contribution is 2.29. The predicted molar refractivity (Wildman–Crippen MR) is 101 cm³/mol. The van der Waals surface area contributed by atoms with Crippen LogP contribution in [0.1, 0.15) is 25.3 Å². The first-order valence-corrected chi connectivity index (χ1v) is 9.60. The minimum Gasteiger partial charge on any atom is -0.478 e. The summed E-state index contributed by atoms with van der Waals surface area (Å²) < 4.78 is 11.3. The lowest BCUT2D eigenvalue weighted by atomic mass is 10.1. The third-order valence-corrected chi connectivity index (χ3v) is 5.30. The number of carboxylic acids is 1. The fraction of sp³-hybridized carbons (Fsp3) is 0.368. The Labute approximate surface area is 165 Å². The Bertz CT molecular complexity index is 918. The Hall–Kier alpha value is -2.78. The van der Waals surface area contributed by atoms with Gasteiger partial charge in [0.25, 0.3) is 0 Å². The zero-order valence-corrected chi connectivity index (χ0v) is 16.3. The van der Waals surface area contributed by atoms with E-state index in [1.165, 1.54) is 16.2 Å². The van der Waals surface area contributed by atoms with Gasteiger partial charge in [-0.25, -0.2) is 9.78 Å². The highest BCUT2D eigenvalue weighted by molar-refractivity contribution is 7.18. The lowest BCUT2D eigenvalue weighted by molar-refractivity contribution is -0.148. The number of thiazole rings is 1. The van der Waals surface area contributed by atoms with Gasteiger partial charge in [0.05, 0.1) is 47.3 Å². The Balaban J connectivity index is 1.95. The zero-order valence-electron chi connectivity index (χ0n) is 15.5. The number of benzene rings is 1. The Morgan fingerprint density at radius 2 is 2.11 bits per heavy atom. The molecule has 2 heterocycles. The van der Waals surface area contributed by atoms with E-state index in [1.807, 2.05) is 24.3 Å². The van der Waals surface area contributed by atoms with Gasteiger partial charge in [-0.3, -0.25) is 9.59 Å². The molecule has 9 heteroatoms. The highest BCUT2D eigenvalue weighted by Gasteiger charge is 2.34. The van der Waals surface area contributed by atoms with Gasteiger partial charge in [0.1, 0.15) is 11.4 Å². The van der Waals surface area contributed by atoms with Crippen LogP contribution in [0, 0.1) is 0 Å². The van der Waals surface area contributed by atoms with Crippen molar-refractivity contribution in [2.75, 3.05) is 13.2 Å². The van der Waals surface area contributed by atoms with Crippen molar-refractivity contribution in [1.29, 1.82) is 0 Å². The van der Waals surface area contributed by atoms with E-state index >= 15 is 0 Å². The van der Waals surface area contributed by atoms with Gasteiger partial charge in [-0.2, -0.15) is 0 Å². The zero-order chi connectivity index (χ0) is 20.3. The molecule has 1 unspecified atom stereocenters. The van der Waals surface area contributed by atoms with E-state index in [2.05, 4.69) is 4.98 Å². The molecule has 0 saturated heterocycles. The predicted octanol–water partition coefficient (Wildman–Crippen LogP) is 2.34. The van der Waals surface area contributed by atoms with E-state index < -0.39 is 30.4 Å². The number of aliphatic carboxylic acids is 1. The van der Waals surface area contributed by atoms with E-state index in [-0.39, 0.29) is 31.0 Å². The molecule has 1 amide bonds. The number of carboxylic acid groups (broad SMARTS) is 1. The molecule has 1 aliphatic rings. The molecule has 0 spiro atoms. The average Bonchev–Trinajstić information content (AvgIpc) is 3.22. The number of esters is 1. The molecule has 8 nitrogen and oxygen atoms in total. The third-order valence-electron chi connectivity index (χ3n) is 4.28. The summed E-state index contributed by atoms with van der Waals surface area (Å²) in [5, 5.41) is 10.2. The molecule has 1 atom stereocenters. The lowest BCUT2D eigenvalue weighted by Gasteiger charge is -2.23. The molecule has 148 valence electrons. The summed E-state index contributed by atoms with van der Waals surface area (Å²) in [6, 6.07) is 7.55. The quantitative estimate of drug-likeness (QED) is 0.558. The van der Waals surface area contributed by atoms with E-state index in [0.29, 0.717) is 5.01 Å². The topological polar surface area (TPSA) is 106 Å². The molecular formula is C19H20N2O6S. The Kier molecular flexibility index (Phi) is 6.05. The number of fused-ring (bicyclic) bond motifs is 1. The van der Waals surface area contributed by atoms with Crippen LogP contribution in [0.5, 0.6) is 0 Å². The van der Waals surface area contributed by atoms with Crippen molar-refractivity contribution in [2.24, 2.45) is 0 Å². The first-order valence-electron chi connectivity index (χ1n) is 8.79. The first-order chi connectivity index (χ1) is 13.4. The van der Waals surface area contributed by atoms with Crippen molar-refractivity contribution in [3.8, 4) is 0 Å². The summed E-state index contributed by atoms with van der Waals surface area (Å²) in [6.45, 7) is 3.45. The summed E-state index contributed by atoms with van der Waals surface area (Å²) in [7, 11) is 0. The summed E-state index contributed by atoms with van der Waals surface area (Å²) in [5.74, 6) is -2.37. The van der Waals surface area contributed by atoms with Crippen LogP contribution in [-0.4, -0.2) is 52.2 Å². The second-order valence-electron chi connectivity index (χ2n) is 6.16. The fourth-order valence-electron chi connectivity index (χ4n) is 3.01. The second-order valence-corrected chi connectivity index (χ2v) is 7.27. The summed E-state index contributed by atoms with van der Waals surface area (Å²) in [5.41, 5.74) is 1.05. The summed E-state index contributed by atoms with van der Waals surface area (Å²) in [6.07, 6.45) is -1.13. The minimum atomic E-state index is -1.15. The third kappa shape index (κ3) is 4.20. The van der Waals surface area contributed by atoms with Gasteiger partial charge in [0.15, 0.2) is 0 Å². The summed E-state index contributed by atoms with van der Waals surface area (Å²) in [4.78, 5) is 42.1. The van der Waals surface area contributed by atoms with Crippen molar-refractivity contribution in [1.82, 2.24) is 9.88 Å². The van der Waals surface area contributed by atoms with Crippen LogP contribution in [0.15, 0.2) is 35.5 Å². The molecule has 2 aromatic rings. The maximum absolute atomic E-state index is 12.8. The van der Waals surface area contributed by atoms with Crippen LogP contribution in [0.25, 0.3) is 10.2 Å².